The molecule has 2 aromatic rings. The number of nitrogens with one attached hydrogen (secondary N) is 1. The van der Waals surface area contributed by atoms with Crippen LogP contribution in [0.25, 0.3) is 11.3 Å². The number of allylic oxidation sites excluding steroid dienone is 3. The van der Waals surface area contributed by atoms with E-state index >= 15 is 0 Å². The van der Waals surface area contributed by atoms with Crippen molar-refractivity contribution in [2.24, 2.45) is 0 Å². The van der Waals surface area contributed by atoms with Crippen molar-refractivity contribution >= 4 is 11.7 Å². The number of likely N-dealkylation sites (N-methyl/N-ethyl adjacent to an activating group) is 1. The van der Waals surface area contributed by atoms with E-state index in [0.29, 0.717) is 11.4 Å². The maximum Gasteiger partial charge on any atom is 0.253 e. The number of amides is 1. The normalized spacial score (nSPS) is 15.3. The van der Waals surface area contributed by atoms with Crippen LogP contribution in [0.2, 0.25) is 0 Å². The molecule has 0 bridgehead atoms. The largest absolute Gasteiger partial charge is 0.345 e. The summed E-state index contributed by atoms with van der Waals surface area (Å²) in [6.07, 6.45) is 12.2. The number of benzene rings is 1. The van der Waals surface area contributed by atoms with Gasteiger partial charge in [0.1, 0.15) is 5.82 Å². The van der Waals surface area contributed by atoms with Crippen molar-refractivity contribution in [1.82, 2.24) is 19.8 Å². The van der Waals surface area contributed by atoms with Crippen LogP contribution >= 0.6 is 0 Å². The number of nitrogens with zero attached hydrogens (tertiary/aromatic N) is 4. The highest BCUT2D eigenvalue weighted by molar-refractivity contribution is 5.95. The molecule has 0 atom stereocenters. The van der Waals surface area contributed by atoms with Gasteiger partial charge in [0, 0.05) is 43.5 Å². The van der Waals surface area contributed by atoms with Gasteiger partial charge in [-0.2, -0.15) is 0 Å². The molecule has 1 N–H and O–H groups in total. The Bertz CT molecular complexity index is 852. The molecule has 1 aliphatic rings. The highest BCUT2D eigenvalue weighted by Gasteiger charge is 2.21. The Balaban J connectivity index is 1.65. The van der Waals surface area contributed by atoms with Crippen LogP contribution in [0.5, 0.6) is 0 Å². The van der Waals surface area contributed by atoms with Crippen LogP contribution in [0, 0.1) is 0 Å². The zero-order chi connectivity index (χ0) is 20.5. The molecule has 3 rings (SSSR count). The molecule has 0 aliphatic carbocycles. The predicted molar refractivity (Wildman–Crippen MR) is 118 cm³/mol. The Morgan fingerprint density at radius 2 is 1.93 bits per heavy atom. The fourth-order valence-corrected chi connectivity index (χ4v) is 3.22. The molecule has 6 nitrogen and oxygen atoms in total. The van der Waals surface area contributed by atoms with E-state index in [0.717, 1.165) is 50.4 Å². The molecular formula is C23H29N5O. The van der Waals surface area contributed by atoms with Crippen LogP contribution in [0.15, 0.2) is 61.1 Å². The van der Waals surface area contributed by atoms with Gasteiger partial charge in [-0.25, -0.2) is 4.98 Å². The molecule has 1 aliphatic heterocycles. The first kappa shape index (κ1) is 20.7. The quantitative estimate of drug-likeness (QED) is 0.727. The van der Waals surface area contributed by atoms with E-state index in [1.165, 1.54) is 0 Å². The molecular weight excluding hydrogens is 362 g/mol. The van der Waals surface area contributed by atoms with Crippen molar-refractivity contribution in [3.05, 3.63) is 66.7 Å². The highest BCUT2D eigenvalue weighted by Crippen LogP contribution is 2.20. The van der Waals surface area contributed by atoms with Crippen molar-refractivity contribution in [2.45, 2.75) is 20.3 Å². The number of piperazine rings is 1. The van der Waals surface area contributed by atoms with E-state index in [-0.39, 0.29) is 5.91 Å². The van der Waals surface area contributed by atoms with Crippen molar-refractivity contribution in [2.75, 3.05) is 38.0 Å². The summed E-state index contributed by atoms with van der Waals surface area (Å²) in [5, 5.41) is 3.09. The van der Waals surface area contributed by atoms with E-state index < -0.39 is 0 Å². The minimum Gasteiger partial charge on any atom is -0.345 e. The van der Waals surface area contributed by atoms with E-state index in [1.807, 2.05) is 47.5 Å². The minimum absolute atomic E-state index is 0.0825. The molecule has 29 heavy (non-hydrogen) atoms. The molecule has 1 fully saturated rings. The average molecular weight is 392 g/mol. The molecule has 152 valence electrons. The topological polar surface area (TPSA) is 61.4 Å². The van der Waals surface area contributed by atoms with Gasteiger partial charge in [0.05, 0.1) is 18.1 Å². The fraction of sp³-hybridized carbons (Fsp3) is 0.348. The molecule has 0 unspecified atom stereocenters. The second-order valence-corrected chi connectivity index (χ2v) is 6.93. The number of hydrogen-bond donors (Lipinski definition) is 1. The lowest BCUT2D eigenvalue weighted by molar-refractivity contribution is 0.0643. The summed E-state index contributed by atoms with van der Waals surface area (Å²) in [5.74, 6) is 0.759. The number of hydrogen-bond acceptors (Lipinski definition) is 5. The molecule has 2 heterocycles. The average Bonchev–Trinajstić information content (AvgIpc) is 2.79. The zero-order valence-corrected chi connectivity index (χ0v) is 17.2. The Morgan fingerprint density at radius 1 is 1.10 bits per heavy atom. The van der Waals surface area contributed by atoms with Crippen molar-refractivity contribution in [1.29, 1.82) is 0 Å². The van der Waals surface area contributed by atoms with Crippen LogP contribution in [0.1, 0.15) is 30.6 Å². The molecule has 0 radical (unpaired) electrons. The Kier molecular flexibility index (Phi) is 7.53. The van der Waals surface area contributed by atoms with Gasteiger partial charge < -0.3 is 15.1 Å². The van der Waals surface area contributed by atoms with Crippen LogP contribution in [-0.2, 0) is 0 Å². The maximum absolute atomic E-state index is 12.9. The number of carbonyl (C=O) groups excluding carboxylic acids is 1. The Labute approximate surface area is 173 Å². The maximum atomic E-state index is 12.9. The summed E-state index contributed by atoms with van der Waals surface area (Å²) in [6, 6.07) is 7.64. The van der Waals surface area contributed by atoms with Gasteiger partial charge in [0.25, 0.3) is 5.91 Å². The third kappa shape index (κ3) is 5.74. The lowest BCUT2D eigenvalue weighted by Gasteiger charge is -2.34. The van der Waals surface area contributed by atoms with E-state index in [9.17, 15) is 4.79 Å². The first-order chi connectivity index (χ1) is 14.2. The van der Waals surface area contributed by atoms with Gasteiger partial charge in [0.15, 0.2) is 0 Å². The second-order valence-electron chi connectivity index (χ2n) is 6.93. The van der Waals surface area contributed by atoms with Gasteiger partial charge in [-0.1, -0.05) is 38.1 Å². The zero-order valence-electron chi connectivity index (χ0n) is 17.2. The van der Waals surface area contributed by atoms with Crippen LogP contribution in [-0.4, -0.2) is 58.4 Å². The monoisotopic (exact) mass is 391 g/mol. The smallest absolute Gasteiger partial charge is 0.253 e. The number of aromatic nitrogens is 2. The summed E-state index contributed by atoms with van der Waals surface area (Å²) >= 11 is 0. The second kappa shape index (κ2) is 10.5. The predicted octanol–water partition coefficient (Wildman–Crippen LogP) is 3.81. The highest BCUT2D eigenvalue weighted by atomic mass is 16.2. The lowest BCUT2D eigenvalue weighted by Crippen LogP contribution is -2.48. The van der Waals surface area contributed by atoms with E-state index in [1.54, 1.807) is 12.4 Å². The van der Waals surface area contributed by atoms with Gasteiger partial charge in [-0.05, 0) is 31.2 Å². The van der Waals surface area contributed by atoms with Crippen LogP contribution < -0.4 is 5.32 Å². The molecule has 0 saturated carbocycles. The van der Waals surface area contributed by atoms with Gasteiger partial charge in [0.2, 0.25) is 0 Å². The summed E-state index contributed by atoms with van der Waals surface area (Å²) < 4.78 is 0. The molecule has 6 heteroatoms. The summed E-state index contributed by atoms with van der Waals surface area (Å²) in [4.78, 5) is 26.1. The minimum atomic E-state index is 0.0825. The molecule has 1 aromatic heterocycles. The molecule has 1 aromatic carbocycles. The Morgan fingerprint density at radius 3 is 2.62 bits per heavy atom. The van der Waals surface area contributed by atoms with Crippen molar-refractivity contribution in [3.63, 3.8) is 0 Å². The lowest BCUT2D eigenvalue weighted by atomic mass is 10.1. The standard InChI is InChI=1S/C23H29N5O/c1-3-5-6-7-11-24-22-18-25-21(17-26-22)19-9-8-10-20(16-19)23(29)28-14-12-27(4-2)13-15-28/h5-11,16-18H,3-4,12-15H2,1-2H3,(H,24,26)/b6-5+,11-7+. The molecule has 1 amide bonds. The third-order valence-electron chi connectivity index (χ3n) is 4.97. The van der Waals surface area contributed by atoms with Gasteiger partial charge in [-0.15, -0.1) is 0 Å². The number of rotatable bonds is 7. The van der Waals surface area contributed by atoms with Gasteiger partial charge in [-0.3, -0.25) is 9.78 Å². The van der Waals surface area contributed by atoms with Gasteiger partial charge >= 0.3 is 0 Å². The fourth-order valence-electron chi connectivity index (χ4n) is 3.22. The van der Waals surface area contributed by atoms with Crippen LogP contribution in [0.4, 0.5) is 5.82 Å². The van der Waals surface area contributed by atoms with Crippen molar-refractivity contribution < 1.29 is 4.79 Å². The van der Waals surface area contributed by atoms with Crippen molar-refractivity contribution in [3.8, 4) is 11.3 Å². The molecule has 1 saturated heterocycles. The van der Waals surface area contributed by atoms with E-state index in [2.05, 4.69) is 40.1 Å². The SMILES string of the molecule is CC/C=C/C=C/Nc1cnc(-c2cccc(C(=O)N3CCN(CC)CC3)c2)cn1. The first-order valence-electron chi connectivity index (χ1n) is 10.2. The van der Waals surface area contributed by atoms with E-state index in [4.69, 9.17) is 0 Å². The summed E-state index contributed by atoms with van der Waals surface area (Å²) in [7, 11) is 0. The first-order valence-corrected chi connectivity index (χ1v) is 10.2. The Hall–Kier alpha value is -2.99. The third-order valence-corrected chi connectivity index (χ3v) is 4.97. The van der Waals surface area contributed by atoms with Crippen LogP contribution in [0.3, 0.4) is 0 Å². The number of anilines is 1. The summed E-state index contributed by atoms with van der Waals surface area (Å²) in [5.41, 5.74) is 2.33. The number of carbonyl (C=O) groups is 1. The molecule has 0 spiro atoms. The summed E-state index contributed by atoms with van der Waals surface area (Å²) in [6.45, 7) is 8.71.